The van der Waals surface area contributed by atoms with Crippen LogP contribution in [0.15, 0.2) is 41.3 Å². The van der Waals surface area contributed by atoms with Crippen molar-refractivity contribution in [1.82, 2.24) is 9.62 Å². The van der Waals surface area contributed by atoms with E-state index in [1.54, 1.807) is 13.8 Å². The minimum Gasteiger partial charge on any atom is -0.379 e. The minimum absolute atomic E-state index is 0.0618. The number of hydrogen-bond acceptors (Lipinski definition) is 6. The van der Waals surface area contributed by atoms with Crippen molar-refractivity contribution in [1.29, 1.82) is 0 Å². The van der Waals surface area contributed by atoms with Crippen molar-refractivity contribution in [2.45, 2.75) is 31.7 Å². The predicted molar refractivity (Wildman–Crippen MR) is 114 cm³/mol. The summed E-state index contributed by atoms with van der Waals surface area (Å²) in [6, 6.07) is 9.73. The van der Waals surface area contributed by atoms with Crippen molar-refractivity contribution in [2.75, 3.05) is 32.8 Å². The third-order valence-electron chi connectivity index (χ3n) is 5.43. The average molecular weight is 434 g/mol. The molecule has 0 amide bonds. The predicted octanol–water partition coefficient (Wildman–Crippen LogP) is 2.87. The molecule has 0 aliphatic carbocycles. The number of nitrogens with one attached hydrogen (secondary N) is 1. The monoisotopic (exact) mass is 433 g/mol. The van der Waals surface area contributed by atoms with Crippen molar-refractivity contribution < 1.29 is 18.1 Å². The van der Waals surface area contributed by atoms with Crippen LogP contribution in [-0.2, 0) is 14.8 Å². The summed E-state index contributed by atoms with van der Waals surface area (Å²) in [6.45, 7) is 8.45. The number of benzene rings is 2. The van der Waals surface area contributed by atoms with E-state index in [4.69, 9.17) is 4.74 Å². The van der Waals surface area contributed by atoms with Gasteiger partial charge in [0.05, 0.1) is 29.1 Å². The SMILES string of the molecule is Cc1ccc(C(CN2CCOCC2)NS(=O)(=O)c2cc([N+](=O)[O-])cc(C)c2C)cc1. The van der Waals surface area contributed by atoms with E-state index in [2.05, 4.69) is 9.62 Å². The molecule has 1 fully saturated rings. The first kappa shape index (κ1) is 22.4. The summed E-state index contributed by atoms with van der Waals surface area (Å²) >= 11 is 0. The Kier molecular flexibility index (Phi) is 6.87. The molecule has 0 aromatic heterocycles. The molecule has 0 bridgehead atoms. The maximum Gasteiger partial charge on any atom is 0.271 e. The lowest BCUT2D eigenvalue weighted by molar-refractivity contribution is -0.385. The molecule has 9 heteroatoms. The Hall–Kier alpha value is -2.33. The maximum absolute atomic E-state index is 13.3. The minimum atomic E-state index is -3.99. The summed E-state index contributed by atoms with van der Waals surface area (Å²) in [7, 11) is -3.99. The second-order valence-electron chi connectivity index (χ2n) is 7.64. The van der Waals surface area contributed by atoms with Gasteiger partial charge in [0.1, 0.15) is 0 Å². The lowest BCUT2D eigenvalue weighted by Gasteiger charge is -2.31. The summed E-state index contributed by atoms with van der Waals surface area (Å²) in [4.78, 5) is 12.8. The highest BCUT2D eigenvalue weighted by molar-refractivity contribution is 7.89. The van der Waals surface area contributed by atoms with Crippen molar-refractivity contribution in [2.24, 2.45) is 0 Å². The Morgan fingerprint density at radius 2 is 1.77 bits per heavy atom. The molecule has 8 nitrogen and oxygen atoms in total. The van der Waals surface area contributed by atoms with Crippen molar-refractivity contribution in [3.05, 3.63) is 68.8 Å². The van der Waals surface area contributed by atoms with Gasteiger partial charge in [0.15, 0.2) is 0 Å². The number of aryl methyl sites for hydroxylation is 2. The number of hydrogen-bond donors (Lipinski definition) is 1. The summed E-state index contributed by atoms with van der Waals surface area (Å²) in [6.07, 6.45) is 0. The molecule has 1 aliphatic heterocycles. The van der Waals surface area contributed by atoms with Crippen LogP contribution in [0.2, 0.25) is 0 Å². The van der Waals surface area contributed by atoms with Crippen LogP contribution in [0.5, 0.6) is 0 Å². The molecule has 162 valence electrons. The normalized spacial score (nSPS) is 16.4. The van der Waals surface area contributed by atoms with Crippen LogP contribution in [0.1, 0.15) is 28.3 Å². The fraction of sp³-hybridized carbons (Fsp3) is 0.429. The first-order chi connectivity index (χ1) is 14.2. The highest BCUT2D eigenvalue weighted by Gasteiger charge is 2.27. The maximum atomic E-state index is 13.3. The molecule has 1 heterocycles. The van der Waals surface area contributed by atoms with Crippen LogP contribution in [-0.4, -0.2) is 51.1 Å². The zero-order chi connectivity index (χ0) is 21.9. The molecule has 1 aliphatic rings. The molecule has 3 rings (SSSR count). The van der Waals surface area contributed by atoms with E-state index in [0.29, 0.717) is 30.9 Å². The Bertz CT molecular complexity index is 1020. The molecule has 1 N–H and O–H groups in total. The highest BCUT2D eigenvalue weighted by atomic mass is 32.2. The highest BCUT2D eigenvalue weighted by Crippen LogP contribution is 2.27. The lowest BCUT2D eigenvalue weighted by Crippen LogP contribution is -2.43. The first-order valence-corrected chi connectivity index (χ1v) is 11.3. The number of rotatable bonds is 7. The average Bonchev–Trinajstić information content (AvgIpc) is 2.70. The molecule has 1 unspecified atom stereocenters. The Balaban J connectivity index is 1.96. The smallest absolute Gasteiger partial charge is 0.271 e. The number of morpholine rings is 1. The quantitative estimate of drug-likeness (QED) is 0.532. The van der Waals surface area contributed by atoms with E-state index in [0.717, 1.165) is 30.3 Å². The van der Waals surface area contributed by atoms with E-state index in [1.807, 2.05) is 31.2 Å². The molecule has 0 radical (unpaired) electrons. The third-order valence-corrected chi connectivity index (χ3v) is 7.02. The second kappa shape index (κ2) is 9.22. The summed E-state index contributed by atoms with van der Waals surface area (Å²) in [5, 5.41) is 11.3. The van der Waals surface area contributed by atoms with Gasteiger partial charge in [-0.3, -0.25) is 15.0 Å². The lowest BCUT2D eigenvalue weighted by atomic mass is 10.1. The van der Waals surface area contributed by atoms with Crippen LogP contribution in [0.4, 0.5) is 5.69 Å². The van der Waals surface area contributed by atoms with E-state index < -0.39 is 21.0 Å². The van der Waals surface area contributed by atoms with Gasteiger partial charge >= 0.3 is 0 Å². The number of nitro groups is 1. The van der Waals surface area contributed by atoms with E-state index in [1.165, 1.54) is 6.07 Å². The largest absolute Gasteiger partial charge is 0.379 e. The van der Waals surface area contributed by atoms with Gasteiger partial charge < -0.3 is 4.74 Å². The molecule has 1 saturated heterocycles. The topological polar surface area (TPSA) is 102 Å². The van der Waals surface area contributed by atoms with Crippen LogP contribution in [0.25, 0.3) is 0 Å². The molecule has 2 aromatic rings. The van der Waals surface area contributed by atoms with Gasteiger partial charge in [0, 0.05) is 31.8 Å². The summed E-state index contributed by atoms with van der Waals surface area (Å²) in [5.74, 6) is 0. The number of nitrogens with zero attached hydrogens (tertiary/aromatic N) is 2. The van der Waals surface area contributed by atoms with Crippen LogP contribution in [0, 0.1) is 30.9 Å². The zero-order valence-corrected chi connectivity index (χ0v) is 18.2. The fourth-order valence-electron chi connectivity index (χ4n) is 3.50. The van der Waals surface area contributed by atoms with Crippen molar-refractivity contribution >= 4 is 15.7 Å². The zero-order valence-electron chi connectivity index (χ0n) is 17.4. The number of sulfonamides is 1. The number of nitro benzene ring substituents is 1. The Morgan fingerprint density at radius 3 is 2.37 bits per heavy atom. The van der Waals surface area contributed by atoms with Crippen LogP contribution in [0.3, 0.4) is 0 Å². The molecule has 0 spiro atoms. The second-order valence-corrected chi connectivity index (χ2v) is 9.32. The molecule has 1 atom stereocenters. The summed E-state index contributed by atoms with van der Waals surface area (Å²) in [5.41, 5.74) is 2.75. The van der Waals surface area contributed by atoms with Crippen LogP contribution < -0.4 is 4.72 Å². The van der Waals surface area contributed by atoms with Crippen LogP contribution >= 0.6 is 0 Å². The molecule has 2 aromatic carbocycles. The van der Waals surface area contributed by atoms with Gasteiger partial charge in [-0.1, -0.05) is 29.8 Å². The van der Waals surface area contributed by atoms with Gasteiger partial charge in [0.2, 0.25) is 10.0 Å². The Labute approximate surface area is 177 Å². The van der Waals surface area contributed by atoms with E-state index in [-0.39, 0.29) is 10.6 Å². The molecule has 0 saturated carbocycles. The molecular weight excluding hydrogens is 406 g/mol. The Morgan fingerprint density at radius 1 is 1.13 bits per heavy atom. The van der Waals surface area contributed by atoms with Gasteiger partial charge in [-0.05, 0) is 37.5 Å². The van der Waals surface area contributed by atoms with Crippen molar-refractivity contribution in [3.8, 4) is 0 Å². The van der Waals surface area contributed by atoms with E-state index in [9.17, 15) is 18.5 Å². The standard InChI is InChI=1S/C21H27N3O5S/c1-15-4-6-18(7-5-15)20(14-23-8-10-29-11-9-23)22-30(27,28)21-13-19(24(25)26)12-16(2)17(21)3/h4-7,12-13,20,22H,8-11,14H2,1-3H3. The van der Waals surface area contributed by atoms with Gasteiger partial charge in [0.25, 0.3) is 5.69 Å². The first-order valence-electron chi connectivity index (χ1n) is 9.82. The number of ether oxygens (including phenoxy) is 1. The molecular formula is C21H27N3O5S. The number of non-ortho nitro benzene ring substituents is 1. The van der Waals surface area contributed by atoms with Gasteiger partial charge in [-0.2, -0.15) is 0 Å². The summed E-state index contributed by atoms with van der Waals surface area (Å²) < 4.78 is 34.8. The van der Waals surface area contributed by atoms with Gasteiger partial charge in [-0.25, -0.2) is 13.1 Å². The fourth-order valence-corrected chi connectivity index (χ4v) is 5.05. The molecule has 30 heavy (non-hydrogen) atoms. The van der Waals surface area contributed by atoms with Crippen molar-refractivity contribution in [3.63, 3.8) is 0 Å². The third kappa shape index (κ3) is 5.23. The van der Waals surface area contributed by atoms with E-state index >= 15 is 0 Å². The van der Waals surface area contributed by atoms with Gasteiger partial charge in [-0.15, -0.1) is 0 Å².